The number of rotatable bonds is 5. The van der Waals surface area contributed by atoms with Crippen molar-refractivity contribution < 1.29 is 15.0 Å². The van der Waals surface area contributed by atoms with Gasteiger partial charge in [0.1, 0.15) is 5.75 Å². The van der Waals surface area contributed by atoms with E-state index in [-0.39, 0.29) is 23.3 Å². The van der Waals surface area contributed by atoms with Crippen LogP contribution in [-0.2, 0) is 0 Å². The Morgan fingerprint density at radius 3 is 2.88 bits per heavy atom. The molecule has 1 aromatic carbocycles. The molecule has 0 saturated carbocycles. The van der Waals surface area contributed by atoms with Gasteiger partial charge >= 0.3 is 0 Å². The number of nitrogens with one attached hydrogen (secondary N) is 1. The van der Waals surface area contributed by atoms with Crippen LogP contribution in [0.2, 0.25) is 0 Å². The van der Waals surface area contributed by atoms with Crippen LogP contribution in [0.3, 0.4) is 0 Å². The lowest BCUT2D eigenvalue weighted by molar-refractivity contribution is 0.0947. The molecule has 5 heteroatoms. The molecule has 1 amide bonds. The normalized spacial score (nSPS) is 12.2. The van der Waals surface area contributed by atoms with E-state index in [0.29, 0.717) is 19.4 Å². The Kier molecular flexibility index (Phi) is 5.70. The second-order valence-corrected chi connectivity index (χ2v) is 5.15. The zero-order valence-corrected chi connectivity index (χ0v) is 11.8. The van der Waals surface area contributed by atoms with Gasteiger partial charge in [0, 0.05) is 10.1 Å². The lowest BCUT2D eigenvalue weighted by atomic mass is 10.2. The van der Waals surface area contributed by atoms with E-state index in [1.54, 1.807) is 19.1 Å². The van der Waals surface area contributed by atoms with Gasteiger partial charge in [-0.05, 0) is 60.6 Å². The van der Waals surface area contributed by atoms with E-state index in [1.807, 2.05) is 0 Å². The zero-order chi connectivity index (χ0) is 12.8. The van der Waals surface area contributed by atoms with Crippen LogP contribution in [0.5, 0.6) is 5.75 Å². The first-order valence-electron chi connectivity index (χ1n) is 5.45. The highest BCUT2D eigenvalue weighted by Gasteiger charge is 2.10. The first-order valence-corrected chi connectivity index (χ1v) is 6.53. The Morgan fingerprint density at radius 2 is 2.24 bits per heavy atom. The Bertz CT molecular complexity index is 393. The number of phenols is 1. The van der Waals surface area contributed by atoms with Gasteiger partial charge in [-0.1, -0.05) is 0 Å². The van der Waals surface area contributed by atoms with Gasteiger partial charge in [-0.25, -0.2) is 0 Å². The van der Waals surface area contributed by atoms with Crippen molar-refractivity contribution in [3.05, 3.63) is 27.3 Å². The van der Waals surface area contributed by atoms with Crippen LogP contribution in [0.15, 0.2) is 18.2 Å². The summed E-state index contributed by atoms with van der Waals surface area (Å²) in [6, 6.07) is 4.88. The summed E-state index contributed by atoms with van der Waals surface area (Å²) in [6.07, 6.45) is 1.02. The van der Waals surface area contributed by atoms with Crippen molar-refractivity contribution in [2.45, 2.75) is 25.9 Å². The van der Waals surface area contributed by atoms with Crippen LogP contribution in [0.25, 0.3) is 0 Å². The third kappa shape index (κ3) is 4.91. The highest BCUT2D eigenvalue weighted by Crippen LogP contribution is 2.19. The fourth-order valence-electron chi connectivity index (χ4n) is 1.38. The van der Waals surface area contributed by atoms with Gasteiger partial charge < -0.3 is 15.5 Å². The molecule has 0 aliphatic rings. The van der Waals surface area contributed by atoms with Crippen LogP contribution < -0.4 is 5.32 Å². The van der Waals surface area contributed by atoms with Gasteiger partial charge in [0.25, 0.3) is 5.91 Å². The lowest BCUT2D eigenvalue weighted by Crippen LogP contribution is -2.25. The van der Waals surface area contributed by atoms with Crippen LogP contribution in [0.4, 0.5) is 0 Å². The van der Waals surface area contributed by atoms with Gasteiger partial charge in [-0.3, -0.25) is 4.79 Å². The Labute approximate surface area is 114 Å². The van der Waals surface area contributed by atoms with Crippen molar-refractivity contribution in [1.82, 2.24) is 5.32 Å². The summed E-state index contributed by atoms with van der Waals surface area (Å²) < 4.78 is 0.898. The first-order chi connectivity index (χ1) is 8.00. The zero-order valence-electron chi connectivity index (χ0n) is 9.61. The van der Waals surface area contributed by atoms with Crippen LogP contribution in [0.1, 0.15) is 30.1 Å². The molecule has 4 nitrogen and oxygen atoms in total. The molecule has 1 aromatic rings. The van der Waals surface area contributed by atoms with Gasteiger partial charge in [-0.2, -0.15) is 0 Å². The molecule has 1 rings (SSSR count). The summed E-state index contributed by atoms with van der Waals surface area (Å²) in [6.45, 7) is 2.21. The fraction of sp³-hybridized carbons (Fsp3) is 0.417. The molecule has 0 aliphatic carbocycles. The monoisotopic (exact) mass is 349 g/mol. The molecule has 0 saturated heterocycles. The summed E-state index contributed by atoms with van der Waals surface area (Å²) in [5, 5.41) is 21.3. The second kappa shape index (κ2) is 6.80. The molecule has 3 N–H and O–H groups in total. The summed E-state index contributed by atoms with van der Waals surface area (Å²) in [7, 11) is 0. The maximum atomic E-state index is 11.7. The molecular weight excluding hydrogens is 333 g/mol. The number of hydrogen-bond acceptors (Lipinski definition) is 3. The van der Waals surface area contributed by atoms with Gasteiger partial charge in [0.2, 0.25) is 0 Å². The number of benzene rings is 1. The molecule has 17 heavy (non-hydrogen) atoms. The number of aliphatic hydroxyl groups is 1. The quantitative estimate of drug-likeness (QED) is 0.562. The second-order valence-electron chi connectivity index (χ2n) is 3.91. The maximum Gasteiger partial charge on any atom is 0.255 e. The molecular formula is C12H16INO3. The van der Waals surface area contributed by atoms with Crippen LogP contribution >= 0.6 is 22.6 Å². The van der Waals surface area contributed by atoms with E-state index in [9.17, 15) is 9.90 Å². The largest absolute Gasteiger partial charge is 0.507 e. The summed E-state index contributed by atoms with van der Waals surface area (Å²) in [5.41, 5.74) is 0.286. The van der Waals surface area contributed by atoms with E-state index >= 15 is 0 Å². The molecule has 0 spiro atoms. The molecule has 0 aliphatic heterocycles. The van der Waals surface area contributed by atoms with Crippen molar-refractivity contribution in [1.29, 1.82) is 0 Å². The Hall–Kier alpha value is -0.820. The Balaban J connectivity index is 2.49. The van der Waals surface area contributed by atoms with Crippen LogP contribution in [-0.4, -0.2) is 28.8 Å². The predicted octanol–water partition coefficient (Wildman–Crippen LogP) is 1.89. The molecule has 0 heterocycles. The standard InChI is InChI=1S/C12H16INO3/c1-8(15)3-2-6-14-12(17)10-7-9(13)4-5-11(10)16/h4-5,7-8,15-16H,2-3,6H2,1H3,(H,14,17). The lowest BCUT2D eigenvalue weighted by Gasteiger charge is -2.08. The smallest absolute Gasteiger partial charge is 0.255 e. The van der Waals surface area contributed by atoms with Crippen molar-refractivity contribution in [3.8, 4) is 5.75 Å². The van der Waals surface area contributed by atoms with Crippen molar-refractivity contribution >= 4 is 28.5 Å². The SMILES string of the molecule is CC(O)CCCNC(=O)c1cc(I)ccc1O. The number of carbonyl (C=O) groups is 1. The van der Waals surface area contributed by atoms with Crippen LogP contribution in [0, 0.1) is 3.57 Å². The number of halogens is 1. The molecule has 94 valence electrons. The minimum absolute atomic E-state index is 0.0153. The third-order valence-corrected chi connectivity index (χ3v) is 2.96. The average Bonchev–Trinajstić information content (AvgIpc) is 2.27. The fourth-order valence-corrected chi connectivity index (χ4v) is 1.88. The number of aliphatic hydroxyl groups excluding tert-OH is 1. The molecule has 0 radical (unpaired) electrons. The number of amides is 1. The molecule has 0 fully saturated rings. The van der Waals surface area contributed by atoms with E-state index in [2.05, 4.69) is 27.9 Å². The predicted molar refractivity (Wildman–Crippen MR) is 74.1 cm³/mol. The van der Waals surface area contributed by atoms with E-state index < -0.39 is 0 Å². The van der Waals surface area contributed by atoms with Gasteiger partial charge in [0.05, 0.1) is 11.7 Å². The number of carbonyl (C=O) groups excluding carboxylic acids is 1. The molecule has 0 bridgehead atoms. The highest BCUT2D eigenvalue weighted by atomic mass is 127. The van der Waals surface area contributed by atoms with Crippen molar-refractivity contribution in [3.63, 3.8) is 0 Å². The topological polar surface area (TPSA) is 69.6 Å². The Morgan fingerprint density at radius 1 is 1.53 bits per heavy atom. The summed E-state index contributed by atoms with van der Waals surface area (Å²) >= 11 is 2.08. The molecule has 1 atom stereocenters. The van der Waals surface area contributed by atoms with E-state index in [0.717, 1.165) is 3.57 Å². The minimum atomic E-state index is -0.349. The van der Waals surface area contributed by atoms with E-state index in [4.69, 9.17) is 5.11 Å². The van der Waals surface area contributed by atoms with Crippen molar-refractivity contribution in [2.24, 2.45) is 0 Å². The number of phenolic OH excluding ortho intramolecular Hbond substituents is 1. The highest BCUT2D eigenvalue weighted by molar-refractivity contribution is 14.1. The first kappa shape index (κ1) is 14.2. The molecule has 0 aromatic heterocycles. The minimum Gasteiger partial charge on any atom is -0.507 e. The summed E-state index contributed by atoms with van der Waals surface area (Å²) in [4.78, 5) is 11.7. The van der Waals surface area contributed by atoms with Gasteiger partial charge in [0.15, 0.2) is 0 Å². The van der Waals surface area contributed by atoms with Crippen molar-refractivity contribution in [2.75, 3.05) is 6.54 Å². The molecule has 1 unspecified atom stereocenters. The van der Waals surface area contributed by atoms with E-state index in [1.165, 1.54) is 6.07 Å². The average molecular weight is 349 g/mol. The third-order valence-electron chi connectivity index (χ3n) is 2.29. The maximum absolute atomic E-state index is 11.7. The van der Waals surface area contributed by atoms with Gasteiger partial charge in [-0.15, -0.1) is 0 Å². The number of aromatic hydroxyl groups is 1. The number of hydrogen-bond donors (Lipinski definition) is 3. The summed E-state index contributed by atoms with van der Waals surface area (Å²) in [5.74, 6) is -0.301.